The highest BCUT2D eigenvalue weighted by Crippen LogP contribution is 2.25. The molecule has 1 heterocycles. The summed E-state index contributed by atoms with van der Waals surface area (Å²) in [5.41, 5.74) is 0.978. The molecule has 1 unspecified atom stereocenters. The Bertz CT molecular complexity index is 517. The average Bonchev–Trinajstić information content (AvgIpc) is 2.36. The first-order chi connectivity index (χ1) is 7.74. The number of nitrogens with zero attached hydrogens (tertiary/aromatic N) is 1. The Hall–Kier alpha value is -1.90. The van der Waals surface area contributed by atoms with Crippen molar-refractivity contribution in [2.75, 3.05) is 7.11 Å². The molecule has 82 valence electrons. The van der Waals surface area contributed by atoms with Crippen LogP contribution in [0.5, 0.6) is 0 Å². The zero-order valence-electron chi connectivity index (χ0n) is 9.31. The fraction of sp³-hybridized carbons (Fsp3) is 0.231. The van der Waals surface area contributed by atoms with Crippen LogP contribution in [-0.2, 0) is 9.53 Å². The van der Waals surface area contributed by atoms with Crippen molar-refractivity contribution in [2.24, 2.45) is 0 Å². The lowest BCUT2D eigenvalue weighted by Crippen LogP contribution is -2.11. The number of fused-ring (bicyclic) bond motifs is 1. The van der Waals surface area contributed by atoms with Crippen molar-refractivity contribution < 1.29 is 9.53 Å². The molecule has 16 heavy (non-hydrogen) atoms. The zero-order valence-corrected chi connectivity index (χ0v) is 9.31. The van der Waals surface area contributed by atoms with Crippen molar-refractivity contribution >= 4 is 16.7 Å². The lowest BCUT2D eigenvalue weighted by molar-refractivity contribution is -0.141. The number of hydrogen-bond acceptors (Lipinski definition) is 3. The summed E-state index contributed by atoms with van der Waals surface area (Å²) in [6, 6.07) is 7.78. The molecule has 0 aliphatic heterocycles. The summed E-state index contributed by atoms with van der Waals surface area (Å²) >= 11 is 0. The van der Waals surface area contributed by atoms with E-state index in [9.17, 15) is 4.79 Å². The molecule has 3 nitrogen and oxygen atoms in total. The average molecular weight is 215 g/mol. The van der Waals surface area contributed by atoms with Crippen molar-refractivity contribution in [3.8, 4) is 0 Å². The van der Waals surface area contributed by atoms with Crippen LogP contribution in [0.25, 0.3) is 10.8 Å². The molecule has 0 amide bonds. The zero-order chi connectivity index (χ0) is 11.5. The van der Waals surface area contributed by atoms with Gasteiger partial charge in [-0.3, -0.25) is 9.78 Å². The molecule has 2 aromatic rings. The summed E-state index contributed by atoms with van der Waals surface area (Å²) in [6.07, 6.45) is 3.53. The second-order valence-electron chi connectivity index (χ2n) is 3.69. The van der Waals surface area contributed by atoms with Crippen molar-refractivity contribution in [3.63, 3.8) is 0 Å². The molecule has 0 aliphatic carbocycles. The van der Waals surface area contributed by atoms with E-state index in [1.165, 1.54) is 7.11 Å². The van der Waals surface area contributed by atoms with E-state index in [4.69, 9.17) is 4.74 Å². The largest absolute Gasteiger partial charge is 0.469 e. The molecule has 0 saturated carbocycles. The molecule has 0 spiro atoms. The first-order valence-electron chi connectivity index (χ1n) is 5.14. The monoisotopic (exact) mass is 215 g/mol. The number of pyridine rings is 1. The second kappa shape index (κ2) is 4.31. The number of benzene rings is 1. The number of rotatable bonds is 2. The number of hydrogen-bond donors (Lipinski definition) is 0. The minimum atomic E-state index is -0.254. The number of aromatic nitrogens is 1. The van der Waals surface area contributed by atoms with Crippen LogP contribution in [-0.4, -0.2) is 18.1 Å². The molecule has 2 rings (SSSR count). The van der Waals surface area contributed by atoms with E-state index in [1.54, 1.807) is 12.4 Å². The molecule has 3 heteroatoms. The highest BCUT2D eigenvalue weighted by Gasteiger charge is 2.17. The summed E-state index contributed by atoms with van der Waals surface area (Å²) < 4.78 is 4.76. The number of carbonyl (C=O) groups excluding carboxylic acids is 1. The van der Waals surface area contributed by atoms with E-state index in [-0.39, 0.29) is 11.9 Å². The van der Waals surface area contributed by atoms with Crippen LogP contribution in [0.15, 0.2) is 36.7 Å². The van der Waals surface area contributed by atoms with Crippen molar-refractivity contribution in [1.29, 1.82) is 0 Å². The Morgan fingerprint density at radius 2 is 2.19 bits per heavy atom. The van der Waals surface area contributed by atoms with Gasteiger partial charge in [-0.2, -0.15) is 0 Å². The summed E-state index contributed by atoms with van der Waals surface area (Å²) in [7, 11) is 1.41. The van der Waals surface area contributed by atoms with Crippen LogP contribution in [0, 0.1) is 0 Å². The first kappa shape index (κ1) is 10.6. The minimum Gasteiger partial charge on any atom is -0.469 e. The molecule has 0 fully saturated rings. The molecule has 0 bridgehead atoms. The predicted octanol–water partition coefficient (Wildman–Crippen LogP) is 2.51. The van der Waals surface area contributed by atoms with E-state index in [0.29, 0.717) is 0 Å². The Morgan fingerprint density at radius 3 is 2.94 bits per heavy atom. The Labute approximate surface area is 94.1 Å². The van der Waals surface area contributed by atoms with Gasteiger partial charge in [-0.05, 0) is 23.9 Å². The standard InChI is InChI=1S/C13H13NO2/c1-9(13(15)16-2)11-5-3-4-10-8-14-7-6-12(10)11/h3-9H,1-2H3. The Kier molecular flexibility index (Phi) is 2.86. The lowest BCUT2D eigenvalue weighted by atomic mass is 9.96. The van der Waals surface area contributed by atoms with Gasteiger partial charge in [-0.15, -0.1) is 0 Å². The molecule has 0 N–H and O–H groups in total. The quantitative estimate of drug-likeness (QED) is 0.722. The van der Waals surface area contributed by atoms with Crippen molar-refractivity contribution in [2.45, 2.75) is 12.8 Å². The first-order valence-corrected chi connectivity index (χ1v) is 5.14. The van der Waals surface area contributed by atoms with E-state index < -0.39 is 0 Å². The normalized spacial score (nSPS) is 12.4. The van der Waals surface area contributed by atoms with Crippen LogP contribution in [0.1, 0.15) is 18.4 Å². The van der Waals surface area contributed by atoms with Gasteiger partial charge in [0.05, 0.1) is 13.0 Å². The minimum absolute atomic E-state index is 0.218. The molecule has 1 atom stereocenters. The smallest absolute Gasteiger partial charge is 0.312 e. The summed E-state index contributed by atoms with van der Waals surface area (Å²) in [5.74, 6) is -0.472. The molecule has 0 saturated heterocycles. The maximum Gasteiger partial charge on any atom is 0.312 e. The molecule has 0 aliphatic rings. The maximum absolute atomic E-state index is 11.5. The van der Waals surface area contributed by atoms with Crippen LogP contribution in [0.4, 0.5) is 0 Å². The summed E-state index contributed by atoms with van der Waals surface area (Å²) in [6.45, 7) is 1.85. The van der Waals surface area contributed by atoms with Gasteiger partial charge in [0.25, 0.3) is 0 Å². The molecule has 1 aromatic heterocycles. The van der Waals surface area contributed by atoms with Crippen molar-refractivity contribution in [1.82, 2.24) is 4.98 Å². The van der Waals surface area contributed by atoms with E-state index in [0.717, 1.165) is 16.3 Å². The highest BCUT2D eigenvalue weighted by molar-refractivity contribution is 5.90. The van der Waals surface area contributed by atoms with Crippen LogP contribution in [0.2, 0.25) is 0 Å². The predicted molar refractivity (Wildman–Crippen MR) is 62.2 cm³/mol. The van der Waals surface area contributed by atoms with Gasteiger partial charge in [-0.1, -0.05) is 18.2 Å². The van der Waals surface area contributed by atoms with Gasteiger partial charge in [0, 0.05) is 17.8 Å². The lowest BCUT2D eigenvalue weighted by Gasteiger charge is -2.12. The topological polar surface area (TPSA) is 39.2 Å². The van der Waals surface area contributed by atoms with Crippen LogP contribution in [0.3, 0.4) is 0 Å². The Balaban J connectivity index is 2.56. The van der Waals surface area contributed by atoms with Gasteiger partial charge < -0.3 is 4.74 Å². The number of methoxy groups -OCH3 is 1. The molecule has 1 aromatic carbocycles. The SMILES string of the molecule is COC(=O)C(C)c1cccc2cnccc12. The third kappa shape index (κ3) is 1.76. The number of ether oxygens (including phenoxy) is 1. The fourth-order valence-electron chi connectivity index (χ4n) is 1.83. The van der Waals surface area contributed by atoms with E-state index >= 15 is 0 Å². The number of esters is 1. The van der Waals surface area contributed by atoms with Crippen molar-refractivity contribution in [3.05, 3.63) is 42.2 Å². The van der Waals surface area contributed by atoms with Gasteiger partial charge in [0.15, 0.2) is 0 Å². The number of carbonyl (C=O) groups is 1. The molecule has 0 radical (unpaired) electrons. The van der Waals surface area contributed by atoms with Gasteiger partial charge >= 0.3 is 5.97 Å². The second-order valence-corrected chi connectivity index (χ2v) is 3.69. The molecular weight excluding hydrogens is 202 g/mol. The maximum atomic E-state index is 11.5. The van der Waals surface area contributed by atoms with Crippen LogP contribution < -0.4 is 0 Å². The van der Waals surface area contributed by atoms with Gasteiger partial charge in [-0.25, -0.2) is 0 Å². The van der Waals surface area contributed by atoms with E-state index in [2.05, 4.69) is 4.98 Å². The Morgan fingerprint density at radius 1 is 1.38 bits per heavy atom. The van der Waals surface area contributed by atoms with Gasteiger partial charge in [0.2, 0.25) is 0 Å². The summed E-state index contributed by atoms with van der Waals surface area (Å²) in [4.78, 5) is 15.6. The molecular formula is C13H13NO2. The van der Waals surface area contributed by atoms with Gasteiger partial charge in [0.1, 0.15) is 0 Å². The summed E-state index contributed by atoms with van der Waals surface area (Å²) in [5, 5.41) is 2.09. The van der Waals surface area contributed by atoms with Crippen LogP contribution >= 0.6 is 0 Å². The highest BCUT2D eigenvalue weighted by atomic mass is 16.5. The van der Waals surface area contributed by atoms with E-state index in [1.807, 2.05) is 31.2 Å². The fourth-order valence-corrected chi connectivity index (χ4v) is 1.83. The third-order valence-electron chi connectivity index (χ3n) is 2.74. The third-order valence-corrected chi connectivity index (χ3v) is 2.74.